The molecule has 1 atom stereocenters. The number of hydrogen-bond donors (Lipinski definition) is 2. The minimum atomic E-state index is -0.589. The fourth-order valence-corrected chi connectivity index (χ4v) is 2.41. The Labute approximate surface area is 134 Å². The molecule has 0 saturated carbocycles. The van der Waals surface area contributed by atoms with Crippen molar-refractivity contribution >= 4 is 23.2 Å². The summed E-state index contributed by atoms with van der Waals surface area (Å²) in [5, 5.41) is 23.7. The number of amides is 1. The van der Waals surface area contributed by atoms with Crippen LogP contribution >= 0.6 is 11.6 Å². The normalized spacial score (nSPS) is 13.0. The number of benzene rings is 1. The highest BCUT2D eigenvalue weighted by Crippen LogP contribution is 2.26. The lowest BCUT2D eigenvalue weighted by Crippen LogP contribution is -2.43. The van der Waals surface area contributed by atoms with Gasteiger partial charge in [0.1, 0.15) is 0 Å². The summed E-state index contributed by atoms with van der Waals surface area (Å²) in [6, 6.07) is 3.71. The maximum atomic E-state index is 12.2. The van der Waals surface area contributed by atoms with Gasteiger partial charge in [-0.3, -0.25) is 14.9 Å². The smallest absolute Gasteiger partial charge is 0.270 e. The van der Waals surface area contributed by atoms with Crippen molar-refractivity contribution in [2.24, 2.45) is 11.3 Å². The molecule has 0 aliphatic carbocycles. The molecule has 2 N–H and O–H groups in total. The van der Waals surface area contributed by atoms with E-state index in [4.69, 9.17) is 11.6 Å². The van der Waals surface area contributed by atoms with E-state index in [0.717, 1.165) is 6.07 Å². The van der Waals surface area contributed by atoms with Gasteiger partial charge in [-0.25, -0.2) is 0 Å². The van der Waals surface area contributed by atoms with Gasteiger partial charge < -0.3 is 10.4 Å². The van der Waals surface area contributed by atoms with Crippen LogP contribution in [-0.2, 0) is 0 Å². The third-order valence-corrected chi connectivity index (χ3v) is 3.87. The second-order valence-corrected chi connectivity index (χ2v) is 6.69. The fraction of sp³-hybridized carbons (Fsp3) is 0.533. The SMILES string of the molecule is CC(C)C(O)C(C)(C)CNC(=O)c1cc([N+](=O)[O-])ccc1Cl. The van der Waals surface area contributed by atoms with Crippen molar-refractivity contribution in [1.82, 2.24) is 5.32 Å². The maximum Gasteiger partial charge on any atom is 0.270 e. The molecule has 1 unspecified atom stereocenters. The monoisotopic (exact) mass is 328 g/mol. The Morgan fingerprint density at radius 1 is 1.45 bits per heavy atom. The van der Waals surface area contributed by atoms with Crippen LogP contribution in [0.2, 0.25) is 5.02 Å². The number of carbonyl (C=O) groups is 1. The first kappa shape index (κ1) is 18.4. The quantitative estimate of drug-likeness (QED) is 0.620. The van der Waals surface area contributed by atoms with Crippen LogP contribution in [0.1, 0.15) is 38.1 Å². The van der Waals surface area contributed by atoms with Crippen LogP contribution in [-0.4, -0.2) is 28.6 Å². The number of nitrogens with one attached hydrogen (secondary N) is 1. The minimum absolute atomic E-state index is 0.0469. The lowest BCUT2D eigenvalue weighted by Gasteiger charge is -2.33. The van der Waals surface area contributed by atoms with Crippen LogP contribution < -0.4 is 5.32 Å². The summed E-state index contributed by atoms with van der Waals surface area (Å²) in [7, 11) is 0. The second-order valence-electron chi connectivity index (χ2n) is 6.28. The number of halogens is 1. The molecule has 122 valence electrons. The molecule has 0 radical (unpaired) electrons. The van der Waals surface area contributed by atoms with Gasteiger partial charge in [0.15, 0.2) is 0 Å². The molecule has 0 fully saturated rings. The lowest BCUT2D eigenvalue weighted by molar-refractivity contribution is -0.384. The molecule has 0 saturated heterocycles. The van der Waals surface area contributed by atoms with Crippen LogP contribution in [0.25, 0.3) is 0 Å². The maximum absolute atomic E-state index is 12.2. The number of rotatable bonds is 6. The average Bonchev–Trinajstić information content (AvgIpc) is 2.44. The van der Waals surface area contributed by atoms with E-state index in [1.807, 2.05) is 27.7 Å². The summed E-state index contributed by atoms with van der Waals surface area (Å²) < 4.78 is 0. The van der Waals surface area contributed by atoms with Crippen molar-refractivity contribution in [2.45, 2.75) is 33.8 Å². The molecule has 6 nitrogen and oxygen atoms in total. The summed E-state index contributed by atoms with van der Waals surface area (Å²) in [6.45, 7) is 7.70. The van der Waals surface area contributed by atoms with E-state index >= 15 is 0 Å². The number of nitro benzene ring substituents is 1. The molecule has 1 amide bonds. The Morgan fingerprint density at radius 2 is 2.05 bits per heavy atom. The van der Waals surface area contributed by atoms with Gasteiger partial charge in [0.2, 0.25) is 0 Å². The standard InChI is InChI=1S/C15H21ClN2O4/c1-9(2)13(19)15(3,4)8-17-14(20)11-7-10(18(21)22)5-6-12(11)16/h5-7,9,13,19H,8H2,1-4H3,(H,17,20). The van der Waals surface area contributed by atoms with E-state index < -0.39 is 22.3 Å². The molecule has 0 aromatic heterocycles. The van der Waals surface area contributed by atoms with E-state index in [1.54, 1.807) is 0 Å². The third-order valence-electron chi connectivity index (χ3n) is 3.54. The van der Waals surface area contributed by atoms with Crippen molar-refractivity contribution in [3.63, 3.8) is 0 Å². The van der Waals surface area contributed by atoms with Crippen LogP contribution in [0.4, 0.5) is 5.69 Å². The van der Waals surface area contributed by atoms with E-state index in [1.165, 1.54) is 12.1 Å². The molecule has 0 spiro atoms. The number of aliphatic hydroxyl groups is 1. The molecule has 7 heteroatoms. The first-order valence-electron chi connectivity index (χ1n) is 6.96. The molecule has 1 rings (SSSR count). The highest BCUT2D eigenvalue weighted by Gasteiger charge is 2.31. The van der Waals surface area contributed by atoms with E-state index in [0.29, 0.717) is 0 Å². The van der Waals surface area contributed by atoms with Gasteiger partial charge >= 0.3 is 0 Å². The predicted molar refractivity (Wildman–Crippen MR) is 85.1 cm³/mol. The van der Waals surface area contributed by atoms with Crippen molar-refractivity contribution in [3.05, 3.63) is 38.9 Å². The first-order valence-corrected chi connectivity index (χ1v) is 7.34. The molecule has 22 heavy (non-hydrogen) atoms. The number of non-ortho nitro benzene ring substituents is 1. The van der Waals surface area contributed by atoms with E-state index in [-0.39, 0.29) is 28.7 Å². The fourth-order valence-electron chi connectivity index (χ4n) is 2.21. The van der Waals surface area contributed by atoms with Gasteiger partial charge in [-0.15, -0.1) is 0 Å². The summed E-state index contributed by atoms with van der Waals surface area (Å²) in [5.74, 6) is -0.453. The molecule has 0 aliphatic rings. The third kappa shape index (κ3) is 4.42. The molecule has 1 aromatic carbocycles. The van der Waals surface area contributed by atoms with Crippen molar-refractivity contribution in [3.8, 4) is 0 Å². The summed E-state index contributed by atoms with van der Waals surface area (Å²) in [4.78, 5) is 22.4. The second kappa shape index (κ2) is 7.07. The zero-order chi connectivity index (χ0) is 17.1. The summed E-state index contributed by atoms with van der Waals surface area (Å²) >= 11 is 5.93. The highest BCUT2D eigenvalue weighted by molar-refractivity contribution is 6.33. The topological polar surface area (TPSA) is 92.5 Å². The molecule has 0 aliphatic heterocycles. The van der Waals surface area contributed by atoms with Gasteiger partial charge in [0, 0.05) is 24.1 Å². The van der Waals surface area contributed by atoms with E-state index in [2.05, 4.69) is 5.32 Å². The van der Waals surface area contributed by atoms with Crippen molar-refractivity contribution in [1.29, 1.82) is 0 Å². The largest absolute Gasteiger partial charge is 0.392 e. The molecular weight excluding hydrogens is 308 g/mol. The zero-order valence-corrected chi connectivity index (χ0v) is 13.8. The number of nitro groups is 1. The molecule has 0 heterocycles. The van der Waals surface area contributed by atoms with Gasteiger partial charge in [-0.05, 0) is 12.0 Å². The summed E-state index contributed by atoms with van der Waals surface area (Å²) in [5.41, 5.74) is -0.682. The molecular formula is C15H21ClN2O4. The minimum Gasteiger partial charge on any atom is -0.392 e. The molecule has 1 aromatic rings. The van der Waals surface area contributed by atoms with Crippen LogP contribution in [0, 0.1) is 21.4 Å². The Kier molecular flexibility index (Phi) is 5.91. The van der Waals surface area contributed by atoms with Gasteiger partial charge in [-0.1, -0.05) is 39.3 Å². The zero-order valence-electron chi connectivity index (χ0n) is 13.1. The Hall–Kier alpha value is -1.66. The first-order chi connectivity index (χ1) is 10.1. The Balaban J connectivity index is 2.86. The predicted octanol–water partition coefficient (Wildman–Crippen LogP) is 3.02. The van der Waals surface area contributed by atoms with Gasteiger partial charge in [-0.2, -0.15) is 0 Å². The molecule has 0 bridgehead atoms. The Morgan fingerprint density at radius 3 is 2.55 bits per heavy atom. The lowest BCUT2D eigenvalue weighted by atomic mass is 9.80. The Bertz CT molecular complexity index is 573. The summed E-state index contributed by atoms with van der Waals surface area (Å²) in [6.07, 6.45) is -0.589. The van der Waals surface area contributed by atoms with Crippen LogP contribution in [0.3, 0.4) is 0 Å². The van der Waals surface area contributed by atoms with Gasteiger partial charge in [0.25, 0.3) is 11.6 Å². The van der Waals surface area contributed by atoms with Gasteiger partial charge in [0.05, 0.1) is 21.6 Å². The van der Waals surface area contributed by atoms with Crippen molar-refractivity contribution < 1.29 is 14.8 Å². The highest BCUT2D eigenvalue weighted by atomic mass is 35.5. The van der Waals surface area contributed by atoms with Crippen LogP contribution in [0.15, 0.2) is 18.2 Å². The number of aliphatic hydroxyl groups excluding tert-OH is 1. The van der Waals surface area contributed by atoms with E-state index in [9.17, 15) is 20.0 Å². The van der Waals surface area contributed by atoms with Crippen molar-refractivity contribution in [2.75, 3.05) is 6.54 Å². The number of nitrogens with zero attached hydrogens (tertiary/aromatic N) is 1. The average molecular weight is 329 g/mol. The number of carbonyl (C=O) groups excluding carboxylic acids is 1. The number of hydrogen-bond acceptors (Lipinski definition) is 4. The van der Waals surface area contributed by atoms with Crippen LogP contribution in [0.5, 0.6) is 0 Å².